The number of rotatable bonds is 2. The first-order valence-electron chi connectivity index (χ1n) is 7.77. The standard InChI is InChI=1S/C15H21N5O/c1-20-14(21)13-12(5-6-16-13)19-15(20)18-11-7-9-3-2-4-10(8-11)17-9/h5-6,9-11,16-17H,2-4,7-8H2,1H3,(H,18,19)/t9-,10+,11?. The zero-order valence-corrected chi connectivity index (χ0v) is 12.2. The number of aromatic nitrogens is 3. The SMILES string of the molecule is Cn1c(NC2C[C@H]3CCC[C@@H](C2)N3)nc2cc[nH]c2c1=O. The van der Waals surface area contributed by atoms with Crippen molar-refractivity contribution >= 4 is 17.0 Å². The molecule has 2 bridgehead atoms. The molecule has 0 saturated carbocycles. The minimum atomic E-state index is -0.0263. The molecule has 2 saturated heterocycles. The molecule has 112 valence electrons. The molecule has 0 spiro atoms. The van der Waals surface area contributed by atoms with Gasteiger partial charge < -0.3 is 15.6 Å². The first kappa shape index (κ1) is 12.9. The highest BCUT2D eigenvalue weighted by Gasteiger charge is 2.31. The average Bonchev–Trinajstić information content (AvgIpc) is 2.92. The number of nitrogens with one attached hydrogen (secondary N) is 3. The maximum absolute atomic E-state index is 12.3. The van der Waals surface area contributed by atoms with Crippen molar-refractivity contribution in [2.45, 2.75) is 50.2 Å². The quantitative estimate of drug-likeness (QED) is 0.779. The minimum Gasteiger partial charge on any atom is -0.355 e. The summed E-state index contributed by atoms with van der Waals surface area (Å²) in [6.07, 6.45) is 7.84. The first-order valence-corrected chi connectivity index (χ1v) is 7.77. The maximum atomic E-state index is 12.3. The van der Waals surface area contributed by atoms with Gasteiger partial charge in [0.15, 0.2) is 0 Å². The number of H-pyrrole nitrogens is 1. The molecule has 21 heavy (non-hydrogen) atoms. The van der Waals surface area contributed by atoms with Gasteiger partial charge in [0.25, 0.3) is 5.56 Å². The van der Waals surface area contributed by atoms with Gasteiger partial charge in [-0.1, -0.05) is 6.42 Å². The molecule has 4 rings (SSSR count). The molecule has 6 heteroatoms. The van der Waals surface area contributed by atoms with E-state index in [1.807, 2.05) is 6.07 Å². The Labute approximate surface area is 123 Å². The van der Waals surface area contributed by atoms with Crippen LogP contribution in [0.2, 0.25) is 0 Å². The fourth-order valence-corrected chi connectivity index (χ4v) is 3.77. The van der Waals surface area contributed by atoms with Gasteiger partial charge in [0.2, 0.25) is 5.95 Å². The Balaban J connectivity index is 1.62. The number of hydrogen-bond donors (Lipinski definition) is 3. The van der Waals surface area contributed by atoms with Crippen molar-refractivity contribution in [2.75, 3.05) is 5.32 Å². The van der Waals surface area contributed by atoms with E-state index in [1.54, 1.807) is 17.8 Å². The van der Waals surface area contributed by atoms with E-state index in [-0.39, 0.29) is 5.56 Å². The highest BCUT2D eigenvalue weighted by molar-refractivity contribution is 5.75. The Morgan fingerprint density at radius 1 is 1.33 bits per heavy atom. The van der Waals surface area contributed by atoms with Crippen molar-refractivity contribution in [1.29, 1.82) is 0 Å². The Hall–Kier alpha value is -1.82. The van der Waals surface area contributed by atoms with Crippen molar-refractivity contribution in [3.05, 3.63) is 22.6 Å². The van der Waals surface area contributed by atoms with Gasteiger partial charge in [0.1, 0.15) is 5.52 Å². The third kappa shape index (κ3) is 2.23. The lowest BCUT2D eigenvalue weighted by atomic mass is 9.84. The van der Waals surface area contributed by atoms with E-state index >= 15 is 0 Å². The Morgan fingerprint density at radius 2 is 2.10 bits per heavy atom. The molecule has 2 aromatic heterocycles. The smallest absolute Gasteiger partial charge is 0.278 e. The highest BCUT2D eigenvalue weighted by Crippen LogP contribution is 2.27. The first-order chi connectivity index (χ1) is 10.2. The van der Waals surface area contributed by atoms with Crippen LogP contribution in [-0.2, 0) is 7.05 Å². The molecule has 3 atom stereocenters. The van der Waals surface area contributed by atoms with Gasteiger partial charge in [-0.3, -0.25) is 9.36 Å². The average molecular weight is 287 g/mol. The van der Waals surface area contributed by atoms with Crippen molar-refractivity contribution in [3.8, 4) is 0 Å². The molecule has 3 N–H and O–H groups in total. The fourth-order valence-electron chi connectivity index (χ4n) is 3.77. The second kappa shape index (κ2) is 4.87. The van der Waals surface area contributed by atoms with E-state index < -0.39 is 0 Å². The molecule has 2 aliphatic heterocycles. The van der Waals surface area contributed by atoms with Crippen LogP contribution in [0, 0.1) is 0 Å². The summed E-state index contributed by atoms with van der Waals surface area (Å²) >= 11 is 0. The number of aromatic amines is 1. The molecule has 2 aliphatic rings. The van der Waals surface area contributed by atoms with Gasteiger partial charge >= 0.3 is 0 Å². The zero-order valence-electron chi connectivity index (χ0n) is 12.2. The van der Waals surface area contributed by atoms with Crippen LogP contribution < -0.4 is 16.2 Å². The lowest BCUT2D eigenvalue weighted by molar-refractivity contribution is 0.229. The fraction of sp³-hybridized carbons (Fsp3) is 0.600. The third-order valence-corrected chi connectivity index (χ3v) is 4.84. The van der Waals surface area contributed by atoms with Gasteiger partial charge in [-0.05, 0) is 31.7 Å². The van der Waals surface area contributed by atoms with E-state index in [0.29, 0.717) is 29.6 Å². The van der Waals surface area contributed by atoms with E-state index in [4.69, 9.17) is 0 Å². The van der Waals surface area contributed by atoms with Crippen LogP contribution in [0.3, 0.4) is 0 Å². The summed E-state index contributed by atoms with van der Waals surface area (Å²) in [5.74, 6) is 0.678. The molecular weight excluding hydrogens is 266 g/mol. The zero-order chi connectivity index (χ0) is 14.4. The Bertz CT molecular complexity index is 706. The molecule has 0 amide bonds. The molecule has 0 aromatic carbocycles. The van der Waals surface area contributed by atoms with Crippen molar-refractivity contribution in [3.63, 3.8) is 0 Å². The lowest BCUT2D eigenvalue weighted by Crippen LogP contribution is -2.52. The summed E-state index contributed by atoms with van der Waals surface area (Å²) in [6, 6.07) is 3.47. The van der Waals surface area contributed by atoms with Gasteiger partial charge in [-0.15, -0.1) is 0 Å². The van der Waals surface area contributed by atoms with Crippen LogP contribution in [0.5, 0.6) is 0 Å². The molecule has 4 heterocycles. The van der Waals surface area contributed by atoms with Crippen molar-refractivity contribution < 1.29 is 0 Å². The Kier molecular flexibility index (Phi) is 2.99. The topological polar surface area (TPSA) is 74.7 Å². The molecular formula is C15H21N5O. The maximum Gasteiger partial charge on any atom is 0.278 e. The third-order valence-electron chi connectivity index (χ3n) is 4.84. The molecule has 0 aliphatic carbocycles. The van der Waals surface area contributed by atoms with Crippen LogP contribution in [0.4, 0.5) is 5.95 Å². The number of hydrogen-bond acceptors (Lipinski definition) is 4. The van der Waals surface area contributed by atoms with E-state index in [2.05, 4.69) is 20.6 Å². The summed E-state index contributed by atoms with van der Waals surface area (Å²) in [4.78, 5) is 19.8. The lowest BCUT2D eigenvalue weighted by Gasteiger charge is -2.40. The van der Waals surface area contributed by atoms with Crippen LogP contribution >= 0.6 is 0 Å². The van der Waals surface area contributed by atoms with Crippen LogP contribution in [0.25, 0.3) is 11.0 Å². The number of nitrogens with zero attached hydrogens (tertiary/aromatic N) is 2. The molecule has 6 nitrogen and oxygen atoms in total. The van der Waals surface area contributed by atoms with Crippen molar-refractivity contribution in [2.24, 2.45) is 7.05 Å². The summed E-state index contributed by atoms with van der Waals surface area (Å²) in [5, 5.41) is 7.18. The Morgan fingerprint density at radius 3 is 2.86 bits per heavy atom. The van der Waals surface area contributed by atoms with Crippen LogP contribution in [0.15, 0.2) is 17.1 Å². The van der Waals surface area contributed by atoms with Gasteiger partial charge in [0.05, 0.1) is 5.52 Å². The summed E-state index contributed by atoms with van der Waals surface area (Å²) in [5.41, 5.74) is 1.28. The predicted octanol–water partition coefficient (Wildman–Crippen LogP) is 1.35. The monoisotopic (exact) mass is 287 g/mol. The molecule has 2 aromatic rings. The second-order valence-electron chi connectivity index (χ2n) is 6.34. The summed E-state index contributed by atoms with van der Waals surface area (Å²) < 4.78 is 1.61. The van der Waals surface area contributed by atoms with Gasteiger partial charge in [-0.25, -0.2) is 4.98 Å². The molecule has 2 fully saturated rings. The number of anilines is 1. The highest BCUT2D eigenvalue weighted by atomic mass is 16.1. The molecule has 1 unspecified atom stereocenters. The van der Waals surface area contributed by atoms with E-state index in [1.165, 1.54) is 19.3 Å². The number of piperidine rings is 2. The van der Waals surface area contributed by atoms with Gasteiger partial charge in [0, 0.05) is 31.4 Å². The van der Waals surface area contributed by atoms with E-state index in [0.717, 1.165) is 18.4 Å². The van der Waals surface area contributed by atoms with Crippen molar-refractivity contribution in [1.82, 2.24) is 19.9 Å². The van der Waals surface area contributed by atoms with E-state index in [9.17, 15) is 4.79 Å². The summed E-state index contributed by atoms with van der Waals surface area (Å²) in [7, 11) is 1.78. The normalized spacial score (nSPS) is 28.7. The number of fused-ring (bicyclic) bond motifs is 3. The van der Waals surface area contributed by atoms with Crippen LogP contribution in [0.1, 0.15) is 32.1 Å². The van der Waals surface area contributed by atoms with Crippen LogP contribution in [-0.4, -0.2) is 32.7 Å². The minimum absolute atomic E-state index is 0.0263. The largest absolute Gasteiger partial charge is 0.355 e. The molecule has 0 radical (unpaired) electrons. The van der Waals surface area contributed by atoms with Gasteiger partial charge in [-0.2, -0.15) is 0 Å². The summed E-state index contributed by atoms with van der Waals surface area (Å²) in [6.45, 7) is 0. The second-order valence-corrected chi connectivity index (χ2v) is 6.34. The predicted molar refractivity (Wildman–Crippen MR) is 82.5 cm³/mol.